The Morgan fingerprint density at radius 2 is 1.50 bits per heavy atom. The van der Waals surface area contributed by atoms with E-state index in [0.717, 1.165) is 44.5 Å². The molecule has 0 bridgehead atoms. The summed E-state index contributed by atoms with van der Waals surface area (Å²) in [7, 11) is 3.33. The third-order valence-electron chi connectivity index (χ3n) is 7.41. The minimum atomic E-state index is -0.403. The predicted molar refractivity (Wildman–Crippen MR) is 148 cm³/mol. The first-order valence-corrected chi connectivity index (χ1v) is 13.8. The summed E-state index contributed by atoms with van der Waals surface area (Å²) < 4.78 is 17.9. The number of rotatable bonds is 7. The molecule has 2 aliphatic carbocycles. The fourth-order valence-electron chi connectivity index (χ4n) is 6.05. The largest absolute Gasteiger partial charge is 0.492 e. The van der Waals surface area contributed by atoms with Crippen LogP contribution < -0.4 is 9.47 Å². The zero-order valence-corrected chi connectivity index (χ0v) is 24.7. The third-order valence-corrected chi connectivity index (χ3v) is 8.21. The predicted octanol–water partition coefficient (Wildman–Crippen LogP) is 6.03. The number of allylic oxidation sites excluding steroid dienone is 4. The van der Waals surface area contributed by atoms with Gasteiger partial charge in [-0.2, -0.15) is 0 Å². The van der Waals surface area contributed by atoms with Gasteiger partial charge in [0.2, 0.25) is 0 Å². The van der Waals surface area contributed by atoms with E-state index in [4.69, 9.17) is 14.2 Å². The van der Waals surface area contributed by atoms with Crippen LogP contribution in [0.1, 0.15) is 71.8 Å². The van der Waals surface area contributed by atoms with Gasteiger partial charge in [0, 0.05) is 55.0 Å². The van der Waals surface area contributed by atoms with Gasteiger partial charge < -0.3 is 19.1 Å². The maximum absolute atomic E-state index is 13.9. The summed E-state index contributed by atoms with van der Waals surface area (Å²) in [5, 5.41) is 0. The molecule has 0 atom stereocenters. The molecule has 0 amide bonds. The van der Waals surface area contributed by atoms with Crippen molar-refractivity contribution in [3.63, 3.8) is 0 Å². The molecule has 0 aromatic heterocycles. The minimum absolute atomic E-state index is 0.127. The van der Waals surface area contributed by atoms with Crippen LogP contribution in [0.2, 0.25) is 0 Å². The van der Waals surface area contributed by atoms with E-state index < -0.39 is 5.92 Å². The second-order valence-electron chi connectivity index (χ2n) is 11.6. The van der Waals surface area contributed by atoms with Crippen LogP contribution >= 0.6 is 22.6 Å². The highest BCUT2D eigenvalue weighted by molar-refractivity contribution is 14.1. The van der Waals surface area contributed by atoms with Crippen LogP contribution in [0.4, 0.5) is 0 Å². The van der Waals surface area contributed by atoms with Crippen LogP contribution in [-0.2, 0) is 14.3 Å². The Labute approximate surface area is 228 Å². The lowest BCUT2D eigenvalue weighted by molar-refractivity contribution is -0.119. The maximum Gasteiger partial charge on any atom is 0.174 e. The number of hydrogen-bond acceptors (Lipinski definition) is 6. The monoisotopic (exact) mass is 607 g/mol. The molecule has 1 aromatic rings. The van der Waals surface area contributed by atoms with Crippen LogP contribution in [0, 0.1) is 14.4 Å². The molecule has 0 radical (unpaired) electrons. The highest BCUT2D eigenvalue weighted by Crippen LogP contribution is 2.55. The number of ketones is 2. The molecule has 0 saturated heterocycles. The Kier molecular flexibility index (Phi) is 7.64. The lowest BCUT2D eigenvalue weighted by Gasteiger charge is -2.49. The number of carbonyl (C=O) groups is 2. The Morgan fingerprint density at radius 3 is 1.97 bits per heavy atom. The molecule has 0 unspecified atom stereocenters. The number of benzene rings is 1. The molecule has 0 fully saturated rings. The van der Waals surface area contributed by atoms with Crippen molar-refractivity contribution in [2.45, 2.75) is 66.2 Å². The number of ether oxygens (including phenoxy) is 3. The standard InChI is InChI=1S/C29H38INO5/c1-8-36-23-12-17(11-18(30)27(23)35-7)24-25-19(13-28(2,3)15-21(25)32)31(9-10-34-6)20-14-29(4,5)16-22(33)26(20)24/h11-12,24H,8-10,13-16H2,1-7H3. The zero-order chi connectivity index (χ0) is 26.4. The van der Waals surface area contributed by atoms with Crippen LogP contribution in [-0.4, -0.2) is 50.4 Å². The molecule has 6 nitrogen and oxygen atoms in total. The Balaban J connectivity index is 2.01. The number of carbonyl (C=O) groups excluding carboxylic acids is 2. The summed E-state index contributed by atoms with van der Waals surface area (Å²) in [4.78, 5) is 30.0. The Morgan fingerprint density at radius 1 is 0.944 bits per heavy atom. The van der Waals surface area contributed by atoms with Crippen LogP contribution in [0.15, 0.2) is 34.7 Å². The summed E-state index contributed by atoms with van der Waals surface area (Å²) in [5.74, 6) is 1.16. The van der Waals surface area contributed by atoms with Crippen molar-refractivity contribution in [2.75, 3.05) is 34.0 Å². The van der Waals surface area contributed by atoms with Crippen LogP contribution in [0.25, 0.3) is 0 Å². The average molecular weight is 608 g/mol. The summed E-state index contributed by atoms with van der Waals surface area (Å²) in [5.41, 5.74) is 4.24. The van der Waals surface area contributed by atoms with E-state index in [9.17, 15) is 9.59 Å². The number of methoxy groups -OCH3 is 2. The highest BCUT2D eigenvalue weighted by atomic mass is 127. The number of Topliss-reactive ketones (excluding diaryl/α,β-unsaturated/α-hetero) is 2. The van der Waals surface area contributed by atoms with E-state index in [1.807, 2.05) is 19.1 Å². The molecule has 0 spiro atoms. The molecule has 0 saturated carbocycles. The molecule has 1 aliphatic heterocycles. The van der Waals surface area contributed by atoms with E-state index in [0.29, 0.717) is 44.1 Å². The van der Waals surface area contributed by atoms with Crippen molar-refractivity contribution in [3.05, 3.63) is 43.8 Å². The van der Waals surface area contributed by atoms with Crippen LogP contribution in [0.3, 0.4) is 0 Å². The first-order valence-electron chi connectivity index (χ1n) is 12.7. The molecule has 1 heterocycles. The van der Waals surface area contributed by atoms with Crippen molar-refractivity contribution in [3.8, 4) is 11.5 Å². The lowest BCUT2D eigenvalue weighted by atomic mass is 9.63. The fraction of sp³-hybridized carbons (Fsp3) is 0.586. The second kappa shape index (κ2) is 10.1. The molecule has 7 heteroatoms. The van der Waals surface area contributed by atoms with Crippen molar-refractivity contribution < 1.29 is 23.8 Å². The molecule has 196 valence electrons. The maximum atomic E-state index is 13.9. The Hall–Kier alpha value is -1.87. The van der Waals surface area contributed by atoms with Crippen molar-refractivity contribution in [1.82, 2.24) is 4.90 Å². The fourth-order valence-corrected chi connectivity index (χ4v) is 6.89. The van der Waals surface area contributed by atoms with Crippen molar-refractivity contribution >= 4 is 34.2 Å². The number of halogens is 1. The van der Waals surface area contributed by atoms with Gasteiger partial charge in [0.25, 0.3) is 0 Å². The van der Waals surface area contributed by atoms with Gasteiger partial charge in [-0.1, -0.05) is 27.7 Å². The molecule has 3 aliphatic rings. The average Bonchev–Trinajstić information content (AvgIpc) is 2.75. The zero-order valence-electron chi connectivity index (χ0n) is 22.5. The summed E-state index contributed by atoms with van der Waals surface area (Å²) >= 11 is 2.25. The normalized spacial score (nSPS) is 21.5. The van der Waals surface area contributed by atoms with E-state index >= 15 is 0 Å². The minimum Gasteiger partial charge on any atom is -0.492 e. The molecular formula is C29H38INO5. The summed E-state index contributed by atoms with van der Waals surface area (Å²) in [6.45, 7) is 12.2. The quantitative estimate of drug-likeness (QED) is 0.353. The van der Waals surface area contributed by atoms with E-state index in [1.54, 1.807) is 14.2 Å². The molecule has 1 aromatic carbocycles. The van der Waals surface area contributed by atoms with Crippen molar-refractivity contribution in [2.24, 2.45) is 10.8 Å². The van der Waals surface area contributed by atoms with Gasteiger partial charge in [-0.25, -0.2) is 0 Å². The van der Waals surface area contributed by atoms with E-state index in [2.05, 4.69) is 55.2 Å². The van der Waals surface area contributed by atoms with Gasteiger partial charge in [-0.3, -0.25) is 9.59 Å². The van der Waals surface area contributed by atoms with Gasteiger partial charge in [0.05, 0.1) is 23.9 Å². The van der Waals surface area contributed by atoms with Gasteiger partial charge in [-0.05, 0) is 70.9 Å². The van der Waals surface area contributed by atoms with Crippen LogP contribution in [0.5, 0.6) is 11.5 Å². The topological polar surface area (TPSA) is 65.1 Å². The highest BCUT2D eigenvalue weighted by Gasteiger charge is 2.49. The first-order chi connectivity index (χ1) is 16.9. The van der Waals surface area contributed by atoms with Crippen molar-refractivity contribution in [1.29, 1.82) is 0 Å². The molecule has 4 rings (SSSR count). The number of hydrogen-bond donors (Lipinski definition) is 0. The van der Waals surface area contributed by atoms with Gasteiger partial charge in [0.15, 0.2) is 23.1 Å². The van der Waals surface area contributed by atoms with E-state index in [1.165, 1.54) is 0 Å². The van der Waals surface area contributed by atoms with Gasteiger partial charge in [-0.15, -0.1) is 0 Å². The smallest absolute Gasteiger partial charge is 0.174 e. The first kappa shape index (κ1) is 27.2. The Bertz CT molecular complexity index is 1090. The summed E-state index contributed by atoms with van der Waals surface area (Å²) in [6.07, 6.45) is 2.50. The number of nitrogens with zero attached hydrogens (tertiary/aromatic N) is 1. The second-order valence-corrected chi connectivity index (χ2v) is 12.8. The SMILES string of the molecule is CCOc1cc(C2C3=C(CC(C)(C)CC3=O)N(CCOC)C3=C2C(=O)CC(C)(C)C3)cc(I)c1OC. The molecule has 0 N–H and O–H groups in total. The van der Waals surface area contributed by atoms with Gasteiger partial charge >= 0.3 is 0 Å². The van der Waals surface area contributed by atoms with Gasteiger partial charge in [0.1, 0.15) is 0 Å². The molecule has 36 heavy (non-hydrogen) atoms. The lowest BCUT2D eigenvalue weighted by Crippen LogP contribution is -2.45. The summed E-state index contributed by atoms with van der Waals surface area (Å²) in [6, 6.07) is 4.02. The third kappa shape index (κ3) is 4.97. The molecular weight excluding hydrogens is 569 g/mol. The van der Waals surface area contributed by atoms with E-state index in [-0.39, 0.29) is 22.4 Å².